The highest BCUT2D eigenvalue weighted by Crippen LogP contribution is 2.31. The number of hydrogen-bond donors (Lipinski definition) is 1. The van der Waals surface area contributed by atoms with Crippen molar-refractivity contribution >= 4 is 52.8 Å². The lowest BCUT2D eigenvalue weighted by atomic mass is 9.88. The molecule has 1 heterocycles. The highest BCUT2D eigenvalue weighted by atomic mass is 35.5. The quantitative estimate of drug-likeness (QED) is 0.374. The average Bonchev–Trinajstić information content (AvgIpc) is 3.08. The fourth-order valence-corrected chi connectivity index (χ4v) is 6.09. The van der Waals surface area contributed by atoms with Gasteiger partial charge in [0.15, 0.2) is 8.29 Å². The van der Waals surface area contributed by atoms with Gasteiger partial charge in [-0.05, 0) is 73.8 Å². The Morgan fingerprint density at radius 2 is 2.07 bits per heavy atom. The van der Waals surface area contributed by atoms with E-state index >= 15 is 0 Å². The van der Waals surface area contributed by atoms with E-state index in [4.69, 9.17) is 23.8 Å². The number of carbonyl (C=O) groups is 1. The minimum absolute atomic E-state index is 0.0239. The summed E-state index contributed by atoms with van der Waals surface area (Å²) in [6, 6.07) is 15.8. The van der Waals surface area contributed by atoms with Crippen LogP contribution in [-0.4, -0.2) is 20.9 Å². The van der Waals surface area contributed by atoms with Crippen LogP contribution in [0.15, 0.2) is 52.9 Å². The number of benzene rings is 2. The number of nitrogens with one attached hydrogen (secondary N) is 1. The molecule has 0 aliphatic heterocycles. The summed E-state index contributed by atoms with van der Waals surface area (Å²) in [5.41, 5.74) is 3.44. The fraction of sp³-hybridized carbons (Fsp3) is 0.286. The van der Waals surface area contributed by atoms with Crippen molar-refractivity contribution in [2.24, 2.45) is 0 Å². The number of thioether (sulfide) groups is 1. The summed E-state index contributed by atoms with van der Waals surface area (Å²) in [4.78, 5) is 12.8. The third-order valence-electron chi connectivity index (χ3n) is 4.93. The molecule has 4 nitrogen and oxygen atoms in total. The highest BCUT2D eigenvalue weighted by molar-refractivity contribution is 8.02. The Hall–Kier alpha value is -1.67. The van der Waals surface area contributed by atoms with E-state index in [0.717, 1.165) is 29.3 Å². The molecule has 1 N–H and O–H groups in total. The topological polar surface area (TPSA) is 46.9 Å². The van der Waals surface area contributed by atoms with Crippen LogP contribution in [0.4, 0.5) is 0 Å². The normalized spacial score (nSPS) is 16.8. The van der Waals surface area contributed by atoms with Crippen LogP contribution in [0.3, 0.4) is 0 Å². The van der Waals surface area contributed by atoms with Gasteiger partial charge in [-0.2, -0.15) is 0 Å². The highest BCUT2D eigenvalue weighted by Gasteiger charge is 2.24. The molecular formula is C21H20ClN3OS3. The summed E-state index contributed by atoms with van der Waals surface area (Å²) in [5, 5.41) is 8.22. The van der Waals surface area contributed by atoms with Crippen molar-refractivity contribution in [2.45, 2.75) is 41.8 Å². The van der Waals surface area contributed by atoms with Gasteiger partial charge in [0.05, 0.1) is 17.0 Å². The van der Waals surface area contributed by atoms with E-state index in [0.29, 0.717) is 8.98 Å². The van der Waals surface area contributed by atoms with Gasteiger partial charge < -0.3 is 5.32 Å². The van der Waals surface area contributed by atoms with Gasteiger partial charge >= 0.3 is 0 Å². The molecule has 1 aliphatic carbocycles. The van der Waals surface area contributed by atoms with Gasteiger partial charge in [-0.1, -0.05) is 59.0 Å². The molecule has 0 bridgehead atoms. The lowest BCUT2D eigenvalue weighted by Gasteiger charge is -2.27. The Morgan fingerprint density at radius 3 is 2.86 bits per heavy atom. The predicted molar refractivity (Wildman–Crippen MR) is 123 cm³/mol. The molecule has 0 fully saturated rings. The maximum atomic E-state index is 12.8. The molecule has 2 atom stereocenters. The predicted octanol–water partition coefficient (Wildman–Crippen LogP) is 5.99. The monoisotopic (exact) mass is 461 g/mol. The molecule has 1 aromatic heterocycles. The average molecular weight is 462 g/mol. The van der Waals surface area contributed by atoms with Crippen LogP contribution >= 0.6 is 46.9 Å². The molecule has 150 valence electrons. The molecular weight excluding hydrogens is 442 g/mol. The molecule has 0 saturated heterocycles. The van der Waals surface area contributed by atoms with Crippen LogP contribution < -0.4 is 5.32 Å². The third-order valence-corrected chi connectivity index (χ3v) is 7.60. The molecule has 1 aliphatic rings. The van der Waals surface area contributed by atoms with Crippen LogP contribution in [0.1, 0.15) is 36.9 Å². The molecule has 0 spiro atoms. The number of aromatic nitrogens is 2. The Bertz CT molecular complexity index is 1080. The minimum atomic E-state index is -0.261. The Kier molecular flexibility index (Phi) is 6.39. The van der Waals surface area contributed by atoms with E-state index < -0.39 is 0 Å². The summed E-state index contributed by atoms with van der Waals surface area (Å²) in [7, 11) is 0. The third kappa shape index (κ3) is 4.74. The van der Waals surface area contributed by atoms with E-state index in [1.807, 2.05) is 37.3 Å². The molecule has 0 saturated carbocycles. The number of halogens is 1. The number of aryl methyl sites for hydroxylation is 1. The molecule has 29 heavy (non-hydrogen) atoms. The van der Waals surface area contributed by atoms with Crippen LogP contribution in [0, 0.1) is 3.95 Å². The molecule has 2 aromatic carbocycles. The summed E-state index contributed by atoms with van der Waals surface area (Å²) < 4.78 is 3.13. The second-order valence-corrected chi connectivity index (χ2v) is 10.6. The maximum Gasteiger partial charge on any atom is 0.233 e. The zero-order chi connectivity index (χ0) is 20.4. The van der Waals surface area contributed by atoms with Crippen molar-refractivity contribution < 1.29 is 4.79 Å². The van der Waals surface area contributed by atoms with E-state index in [2.05, 4.69) is 28.6 Å². The Labute approximate surface area is 188 Å². The lowest BCUT2D eigenvalue weighted by Crippen LogP contribution is -2.35. The zero-order valence-electron chi connectivity index (χ0n) is 15.8. The van der Waals surface area contributed by atoms with Gasteiger partial charge in [0.2, 0.25) is 5.91 Å². The van der Waals surface area contributed by atoms with Crippen molar-refractivity contribution in [3.8, 4) is 5.69 Å². The Balaban J connectivity index is 1.44. The van der Waals surface area contributed by atoms with Crippen LogP contribution in [0.25, 0.3) is 5.69 Å². The van der Waals surface area contributed by atoms with E-state index in [1.54, 1.807) is 4.68 Å². The second kappa shape index (κ2) is 9.00. The summed E-state index contributed by atoms with van der Waals surface area (Å²) in [6.45, 7) is 1.91. The SMILES string of the molecule is CC(Sc1nn(-c2ccc(Cl)cc2)c(=S)s1)C(=O)NC1CCCc2ccccc21. The smallest absolute Gasteiger partial charge is 0.233 e. The molecule has 3 aromatic rings. The lowest BCUT2D eigenvalue weighted by molar-refractivity contribution is -0.121. The number of fused-ring (bicyclic) bond motifs is 1. The number of carbonyl (C=O) groups excluding carboxylic acids is 1. The van der Waals surface area contributed by atoms with Gasteiger partial charge in [-0.15, -0.1) is 5.10 Å². The van der Waals surface area contributed by atoms with Gasteiger partial charge in [0, 0.05) is 5.02 Å². The van der Waals surface area contributed by atoms with Crippen molar-refractivity contribution in [3.63, 3.8) is 0 Å². The summed E-state index contributed by atoms with van der Waals surface area (Å²) >= 11 is 14.3. The van der Waals surface area contributed by atoms with Gasteiger partial charge in [-0.3, -0.25) is 4.79 Å². The van der Waals surface area contributed by atoms with E-state index in [-0.39, 0.29) is 17.2 Å². The molecule has 0 radical (unpaired) electrons. The van der Waals surface area contributed by atoms with Gasteiger partial charge in [0.1, 0.15) is 0 Å². The second-order valence-electron chi connectivity index (χ2n) is 6.93. The van der Waals surface area contributed by atoms with Crippen molar-refractivity contribution in [2.75, 3.05) is 0 Å². The van der Waals surface area contributed by atoms with E-state index in [1.165, 1.54) is 34.2 Å². The molecule has 4 rings (SSSR count). The minimum Gasteiger partial charge on any atom is -0.348 e. The number of hydrogen-bond acceptors (Lipinski definition) is 5. The van der Waals surface area contributed by atoms with Gasteiger partial charge in [-0.25, -0.2) is 4.68 Å². The summed E-state index contributed by atoms with van der Waals surface area (Å²) in [5.74, 6) is 0.0239. The molecule has 1 amide bonds. The van der Waals surface area contributed by atoms with Crippen molar-refractivity contribution in [3.05, 3.63) is 68.6 Å². The van der Waals surface area contributed by atoms with Crippen molar-refractivity contribution in [1.82, 2.24) is 15.1 Å². The number of rotatable bonds is 5. The largest absolute Gasteiger partial charge is 0.348 e. The first kappa shape index (κ1) is 20.6. The van der Waals surface area contributed by atoms with Crippen LogP contribution in [0.2, 0.25) is 5.02 Å². The van der Waals surface area contributed by atoms with Crippen molar-refractivity contribution in [1.29, 1.82) is 0 Å². The first-order valence-electron chi connectivity index (χ1n) is 9.42. The zero-order valence-corrected chi connectivity index (χ0v) is 19.0. The first-order chi connectivity index (χ1) is 14.0. The number of nitrogens with zero attached hydrogens (tertiary/aromatic N) is 2. The van der Waals surface area contributed by atoms with Crippen LogP contribution in [0.5, 0.6) is 0 Å². The molecule has 8 heteroatoms. The standard InChI is InChI=1S/C21H20ClN3OS3/c1-13(19(26)23-18-8-4-6-14-5-2-3-7-17(14)18)28-20-24-25(21(27)29-20)16-11-9-15(22)10-12-16/h2-3,5,7,9-13,18H,4,6,8H2,1H3,(H,23,26). The Morgan fingerprint density at radius 1 is 1.31 bits per heavy atom. The van der Waals surface area contributed by atoms with E-state index in [9.17, 15) is 4.79 Å². The molecule has 2 unspecified atom stereocenters. The van der Waals surface area contributed by atoms with Crippen LogP contribution in [-0.2, 0) is 11.2 Å². The first-order valence-corrected chi connectivity index (χ1v) is 11.9. The fourth-order valence-electron chi connectivity index (χ4n) is 3.45. The maximum absolute atomic E-state index is 12.8. The summed E-state index contributed by atoms with van der Waals surface area (Å²) in [6.07, 6.45) is 3.15. The number of amides is 1. The van der Waals surface area contributed by atoms with Gasteiger partial charge in [0.25, 0.3) is 0 Å².